The quantitative estimate of drug-likeness (QED) is 0.582. The lowest BCUT2D eigenvalue weighted by atomic mass is 10.1. The molecular weight excluding hydrogens is 419 g/mol. The van der Waals surface area contributed by atoms with E-state index < -0.39 is 12.8 Å². The summed E-state index contributed by atoms with van der Waals surface area (Å²) in [7, 11) is 1.91. The number of hydrogen-bond acceptors (Lipinski definition) is 3. The second-order valence-corrected chi connectivity index (χ2v) is 8.27. The first-order valence-electron chi connectivity index (χ1n) is 10.6. The Morgan fingerprint density at radius 1 is 1.09 bits per heavy atom. The van der Waals surface area contributed by atoms with Crippen molar-refractivity contribution in [2.24, 2.45) is 7.05 Å². The molecule has 0 unspecified atom stereocenters. The predicted octanol–water partition coefficient (Wildman–Crippen LogP) is 4.47. The van der Waals surface area contributed by atoms with Crippen LogP contribution in [0.1, 0.15) is 23.0 Å². The molecule has 0 radical (unpaired) electrons. The number of ether oxygens (including phenoxy) is 1. The number of amides is 1. The van der Waals surface area contributed by atoms with Gasteiger partial charge in [-0.2, -0.15) is 13.2 Å². The fraction of sp³-hybridized carbons (Fsp3) is 0.375. The van der Waals surface area contributed by atoms with Crippen LogP contribution in [0.4, 0.5) is 13.2 Å². The topological polar surface area (TPSA) is 37.7 Å². The number of para-hydroxylation sites is 1. The number of nitrogens with zero attached hydrogens (tertiary/aromatic N) is 3. The molecule has 5 nitrogen and oxygen atoms in total. The third-order valence-electron chi connectivity index (χ3n) is 5.93. The van der Waals surface area contributed by atoms with Crippen LogP contribution in [0.2, 0.25) is 0 Å². The number of rotatable bonds is 5. The molecule has 3 aromatic rings. The number of carbonyl (C=O) groups is 1. The summed E-state index contributed by atoms with van der Waals surface area (Å²) in [5.41, 5.74) is 2.70. The Balaban J connectivity index is 1.36. The van der Waals surface area contributed by atoms with Gasteiger partial charge in [0.05, 0.1) is 0 Å². The molecule has 1 fully saturated rings. The summed E-state index contributed by atoms with van der Waals surface area (Å²) < 4.78 is 43.6. The van der Waals surface area contributed by atoms with Crippen molar-refractivity contribution in [3.63, 3.8) is 0 Å². The summed E-state index contributed by atoms with van der Waals surface area (Å²) in [5.74, 6) is 0.228. The van der Waals surface area contributed by atoms with E-state index in [2.05, 4.69) is 11.8 Å². The van der Waals surface area contributed by atoms with E-state index in [0.717, 1.165) is 23.0 Å². The number of carbonyl (C=O) groups excluding carboxylic acids is 1. The van der Waals surface area contributed by atoms with Gasteiger partial charge < -0.3 is 14.2 Å². The maximum atomic E-state index is 13.2. The average molecular weight is 445 g/mol. The van der Waals surface area contributed by atoms with E-state index in [9.17, 15) is 18.0 Å². The summed E-state index contributed by atoms with van der Waals surface area (Å²) in [6.45, 7) is 3.42. The van der Waals surface area contributed by atoms with E-state index in [1.807, 2.05) is 46.8 Å². The molecule has 32 heavy (non-hydrogen) atoms. The van der Waals surface area contributed by atoms with Crippen LogP contribution >= 0.6 is 0 Å². The van der Waals surface area contributed by atoms with Gasteiger partial charge >= 0.3 is 6.18 Å². The lowest BCUT2D eigenvalue weighted by molar-refractivity contribution is -0.153. The molecule has 2 aromatic carbocycles. The number of aryl methyl sites for hydroxylation is 1. The summed E-state index contributed by atoms with van der Waals surface area (Å²) in [4.78, 5) is 17.3. The van der Waals surface area contributed by atoms with Crippen LogP contribution in [0.25, 0.3) is 10.9 Å². The molecule has 1 atom stereocenters. The van der Waals surface area contributed by atoms with Gasteiger partial charge in [0.1, 0.15) is 11.4 Å². The van der Waals surface area contributed by atoms with Gasteiger partial charge in [0.25, 0.3) is 5.91 Å². The van der Waals surface area contributed by atoms with Gasteiger partial charge in [-0.15, -0.1) is 0 Å². The zero-order valence-corrected chi connectivity index (χ0v) is 18.1. The minimum Gasteiger partial charge on any atom is -0.484 e. The second kappa shape index (κ2) is 8.86. The molecule has 4 rings (SSSR count). The van der Waals surface area contributed by atoms with Crippen molar-refractivity contribution in [2.75, 3.05) is 26.2 Å². The van der Waals surface area contributed by atoms with Crippen LogP contribution in [0, 0.1) is 0 Å². The minimum atomic E-state index is -4.35. The van der Waals surface area contributed by atoms with Gasteiger partial charge in [0.15, 0.2) is 6.61 Å². The first-order valence-corrected chi connectivity index (χ1v) is 10.6. The van der Waals surface area contributed by atoms with E-state index in [-0.39, 0.29) is 17.7 Å². The number of piperazine rings is 1. The van der Waals surface area contributed by atoms with E-state index in [1.54, 1.807) is 24.3 Å². The van der Waals surface area contributed by atoms with E-state index >= 15 is 0 Å². The second-order valence-electron chi connectivity index (χ2n) is 8.27. The highest BCUT2D eigenvalue weighted by Gasteiger charge is 2.29. The Hall–Kier alpha value is -3.00. The molecule has 1 aliphatic heterocycles. The van der Waals surface area contributed by atoms with Crippen molar-refractivity contribution in [2.45, 2.75) is 25.7 Å². The minimum absolute atomic E-state index is 0.0290. The van der Waals surface area contributed by atoms with Crippen LogP contribution in [-0.4, -0.2) is 58.7 Å². The molecule has 0 N–H and O–H groups in total. The molecule has 2 heterocycles. The molecule has 0 spiro atoms. The van der Waals surface area contributed by atoms with Gasteiger partial charge in [0.2, 0.25) is 0 Å². The lowest BCUT2D eigenvalue weighted by Crippen LogP contribution is -2.53. The number of hydrogen-bond donors (Lipinski definition) is 0. The maximum absolute atomic E-state index is 13.2. The SMILES string of the molecule is C[C@H]1CN(C(=O)c2cc3ccccc3n2C)CCN1Cc1ccc(OCC(F)(F)F)cc1. The molecule has 1 aromatic heterocycles. The Morgan fingerprint density at radius 3 is 2.47 bits per heavy atom. The molecule has 0 saturated carbocycles. The van der Waals surface area contributed by atoms with Gasteiger partial charge in [0, 0.05) is 50.2 Å². The van der Waals surface area contributed by atoms with Crippen LogP contribution in [-0.2, 0) is 13.6 Å². The number of aromatic nitrogens is 1. The number of fused-ring (bicyclic) bond motifs is 1. The summed E-state index contributed by atoms with van der Waals surface area (Å²) in [6, 6.07) is 16.7. The van der Waals surface area contributed by atoms with E-state index in [0.29, 0.717) is 25.3 Å². The fourth-order valence-corrected chi connectivity index (χ4v) is 4.16. The Kier molecular flexibility index (Phi) is 6.15. The Bertz CT molecular complexity index is 1090. The number of halogens is 3. The number of alkyl halides is 3. The van der Waals surface area contributed by atoms with Crippen molar-refractivity contribution in [3.8, 4) is 5.75 Å². The van der Waals surface area contributed by atoms with Crippen molar-refractivity contribution in [3.05, 3.63) is 65.9 Å². The normalized spacial score (nSPS) is 17.7. The monoisotopic (exact) mass is 445 g/mol. The van der Waals surface area contributed by atoms with Crippen molar-refractivity contribution < 1.29 is 22.7 Å². The van der Waals surface area contributed by atoms with Gasteiger partial charge in [-0.05, 0) is 36.8 Å². The Labute approximate surface area is 185 Å². The molecule has 8 heteroatoms. The number of benzene rings is 2. The van der Waals surface area contributed by atoms with Crippen molar-refractivity contribution in [1.82, 2.24) is 14.4 Å². The van der Waals surface area contributed by atoms with Gasteiger partial charge in [-0.3, -0.25) is 9.69 Å². The van der Waals surface area contributed by atoms with Gasteiger partial charge in [-0.25, -0.2) is 0 Å². The van der Waals surface area contributed by atoms with Gasteiger partial charge in [-0.1, -0.05) is 30.3 Å². The Morgan fingerprint density at radius 2 is 1.81 bits per heavy atom. The highest BCUT2D eigenvalue weighted by atomic mass is 19.4. The average Bonchev–Trinajstić information content (AvgIpc) is 3.10. The van der Waals surface area contributed by atoms with Crippen molar-refractivity contribution >= 4 is 16.8 Å². The molecule has 0 aliphatic carbocycles. The lowest BCUT2D eigenvalue weighted by Gasteiger charge is -2.40. The largest absolute Gasteiger partial charge is 0.484 e. The highest BCUT2D eigenvalue weighted by Crippen LogP contribution is 2.23. The summed E-state index contributed by atoms with van der Waals surface area (Å²) in [6.07, 6.45) is -4.35. The van der Waals surface area contributed by atoms with Crippen LogP contribution in [0.5, 0.6) is 5.75 Å². The first kappa shape index (κ1) is 22.2. The molecular formula is C24H26F3N3O2. The molecule has 0 bridgehead atoms. The molecule has 1 saturated heterocycles. The van der Waals surface area contributed by atoms with Crippen LogP contribution in [0.3, 0.4) is 0 Å². The fourth-order valence-electron chi connectivity index (χ4n) is 4.16. The highest BCUT2D eigenvalue weighted by molar-refractivity contribution is 5.98. The molecule has 1 amide bonds. The zero-order chi connectivity index (χ0) is 22.9. The predicted molar refractivity (Wildman–Crippen MR) is 117 cm³/mol. The maximum Gasteiger partial charge on any atom is 0.422 e. The van der Waals surface area contributed by atoms with Crippen LogP contribution in [0.15, 0.2) is 54.6 Å². The smallest absolute Gasteiger partial charge is 0.422 e. The third kappa shape index (κ3) is 4.91. The molecule has 170 valence electrons. The third-order valence-corrected chi connectivity index (χ3v) is 5.93. The van der Waals surface area contributed by atoms with Crippen molar-refractivity contribution in [1.29, 1.82) is 0 Å². The first-order chi connectivity index (χ1) is 15.2. The summed E-state index contributed by atoms with van der Waals surface area (Å²) in [5, 5.41) is 1.05. The van der Waals surface area contributed by atoms with Crippen LogP contribution < -0.4 is 4.74 Å². The molecule has 1 aliphatic rings. The van der Waals surface area contributed by atoms with E-state index in [1.165, 1.54) is 0 Å². The van der Waals surface area contributed by atoms with E-state index in [4.69, 9.17) is 4.74 Å². The zero-order valence-electron chi connectivity index (χ0n) is 18.1. The summed E-state index contributed by atoms with van der Waals surface area (Å²) >= 11 is 0. The standard InChI is InChI=1S/C24H26F3N3O2/c1-17-14-30(23(31)22-13-19-5-3-4-6-21(19)28(22)2)12-11-29(17)15-18-7-9-20(10-8-18)32-16-24(25,26)27/h3-10,13,17H,11-12,14-16H2,1-2H3/t17-/m0/s1.